The lowest BCUT2D eigenvalue weighted by Crippen LogP contribution is -2.58. The van der Waals surface area contributed by atoms with Crippen molar-refractivity contribution in [3.8, 4) is 0 Å². The van der Waals surface area contributed by atoms with Crippen molar-refractivity contribution in [3.63, 3.8) is 0 Å². The van der Waals surface area contributed by atoms with Crippen molar-refractivity contribution in [1.82, 2.24) is 0 Å². The number of ketones is 1. The summed E-state index contributed by atoms with van der Waals surface area (Å²) in [6.07, 6.45) is 3.68. The van der Waals surface area contributed by atoms with Crippen molar-refractivity contribution in [3.05, 3.63) is 0 Å². The molecule has 0 saturated carbocycles. The van der Waals surface area contributed by atoms with E-state index in [9.17, 15) is 19.2 Å². The summed E-state index contributed by atoms with van der Waals surface area (Å²) in [5.74, 6) is -2.23. The van der Waals surface area contributed by atoms with E-state index in [1.807, 2.05) is 27.7 Å². The molecule has 0 aromatic carbocycles. The summed E-state index contributed by atoms with van der Waals surface area (Å²) in [6, 6.07) is 0. The number of ether oxygens (including phenoxy) is 11. The molecule has 0 unspecified atom stereocenters. The molecule has 0 aliphatic carbocycles. The van der Waals surface area contributed by atoms with Crippen LogP contribution in [0.4, 0.5) is 0 Å². The van der Waals surface area contributed by atoms with Gasteiger partial charge in [0, 0.05) is 32.1 Å². The molecule has 2 spiro atoms. The predicted octanol–water partition coefficient (Wildman–Crippen LogP) is 7.44. The summed E-state index contributed by atoms with van der Waals surface area (Å²) in [6.45, 7) is 28.6. The monoisotopic (exact) mass is 850 g/mol. The van der Waals surface area contributed by atoms with Crippen LogP contribution in [-0.2, 0) is 71.3 Å². The van der Waals surface area contributed by atoms with Crippen LogP contribution in [0, 0.1) is 22.7 Å². The maximum Gasteiger partial charge on any atom is 1.00 e. The molecule has 4 rings (SSSR count). The fraction of sp³-hybridized carbons (Fsp3) is 0.909. The standard InChI is InChI=1S/C19H32O8.C17H32O4.C7H12O3.CH4/c1-5-22-15(20)7-9-17(3)24-11-19(12-25-17)13-26-18(4,27-14-19)10-8-16(21)23-6-2;1-13(2)7-15(5)18-9-17(10-19-15)11-20-16(6,21-12-17)8-14(3)4;1-3-10-7(9)5-4-6(2)8;/h5-14H2,1-4H3;13-14H,7-12H2,1-6H3;3-5H2,1-2H3;1H4/p+1. The Morgan fingerprint density at radius 2 is 0.729 bits per heavy atom. The van der Waals surface area contributed by atoms with E-state index in [2.05, 4.69) is 32.4 Å². The van der Waals surface area contributed by atoms with Gasteiger partial charge in [-0.1, -0.05) is 35.1 Å². The molecule has 0 bridgehead atoms. The van der Waals surface area contributed by atoms with Crippen LogP contribution in [0.3, 0.4) is 0 Å². The van der Waals surface area contributed by atoms with Crippen molar-refractivity contribution in [2.45, 2.75) is 165 Å². The van der Waals surface area contributed by atoms with E-state index in [0.29, 0.717) is 104 Å². The van der Waals surface area contributed by atoms with Gasteiger partial charge in [0.1, 0.15) is 5.78 Å². The molecule has 4 saturated heterocycles. The van der Waals surface area contributed by atoms with Crippen molar-refractivity contribution in [2.24, 2.45) is 22.7 Å². The molecule has 0 atom stereocenters. The minimum Gasteiger partial charge on any atom is -0.466 e. The van der Waals surface area contributed by atoms with Crippen LogP contribution in [0.1, 0.15) is 143 Å². The van der Waals surface area contributed by atoms with Crippen LogP contribution in [0.15, 0.2) is 0 Å². The van der Waals surface area contributed by atoms with Crippen LogP contribution in [0.5, 0.6) is 0 Å². The number of esters is 3. The molecule has 346 valence electrons. The third-order valence-electron chi connectivity index (χ3n) is 10.2. The molecule has 4 aliphatic heterocycles. The fourth-order valence-corrected chi connectivity index (χ4v) is 6.76. The lowest BCUT2D eigenvalue weighted by Gasteiger charge is -2.50. The van der Waals surface area contributed by atoms with Crippen molar-refractivity contribution >= 4 is 23.7 Å². The lowest BCUT2D eigenvalue weighted by molar-refractivity contribution is -0.364. The molecule has 4 fully saturated rings. The first-order chi connectivity index (χ1) is 27.1. The second-order valence-corrected chi connectivity index (χ2v) is 17.7. The average Bonchev–Trinajstić information content (AvgIpc) is 3.15. The summed E-state index contributed by atoms with van der Waals surface area (Å²) < 4.78 is 62.3. The molecule has 15 heteroatoms. The molecule has 59 heavy (non-hydrogen) atoms. The zero-order chi connectivity index (χ0) is 43.7. The Bertz CT molecular complexity index is 1170. The Morgan fingerprint density at radius 3 is 0.966 bits per heavy atom. The molecule has 0 N–H and O–H groups in total. The zero-order valence-corrected chi connectivity index (χ0v) is 37.7. The Labute approximate surface area is 356 Å². The van der Waals surface area contributed by atoms with Gasteiger partial charge in [-0.2, -0.15) is 0 Å². The molecule has 4 aliphatic rings. The summed E-state index contributed by atoms with van der Waals surface area (Å²) in [4.78, 5) is 44.0. The third-order valence-corrected chi connectivity index (χ3v) is 10.2. The first kappa shape index (κ1) is 54.8. The van der Waals surface area contributed by atoms with Crippen LogP contribution in [0.2, 0.25) is 0 Å². The second kappa shape index (κ2) is 25.0. The summed E-state index contributed by atoms with van der Waals surface area (Å²) in [5, 5.41) is 0. The van der Waals surface area contributed by atoms with E-state index < -0.39 is 23.1 Å². The highest BCUT2D eigenvalue weighted by atomic mass is 16.7. The number of hydrogen-bond acceptors (Lipinski definition) is 15. The van der Waals surface area contributed by atoms with Gasteiger partial charge in [0.15, 0.2) is 23.1 Å². The summed E-state index contributed by atoms with van der Waals surface area (Å²) in [7, 11) is 0. The van der Waals surface area contributed by atoms with Crippen LogP contribution in [0.25, 0.3) is 0 Å². The normalized spacial score (nSPS) is 31.6. The van der Waals surface area contributed by atoms with Crippen molar-refractivity contribution in [2.75, 3.05) is 72.7 Å². The van der Waals surface area contributed by atoms with Gasteiger partial charge in [0.25, 0.3) is 0 Å². The summed E-state index contributed by atoms with van der Waals surface area (Å²) in [5.41, 5.74) is -0.528. The van der Waals surface area contributed by atoms with Gasteiger partial charge in [-0.15, -0.1) is 0 Å². The van der Waals surface area contributed by atoms with E-state index in [0.717, 1.165) is 12.8 Å². The van der Waals surface area contributed by atoms with E-state index in [1.165, 1.54) is 6.92 Å². The topological polar surface area (TPSA) is 170 Å². The maximum atomic E-state index is 11.5. The number of Topliss-reactive ketones (excluding diaryl/α,β-unsaturated/α-hetero) is 1. The minimum absolute atomic E-state index is 0. The van der Waals surface area contributed by atoms with Crippen LogP contribution >= 0.6 is 0 Å². The van der Waals surface area contributed by atoms with Gasteiger partial charge in [-0.05, 0) is 67.2 Å². The van der Waals surface area contributed by atoms with Crippen LogP contribution < -0.4 is 0 Å². The smallest absolute Gasteiger partial charge is 0.466 e. The highest BCUT2D eigenvalue weighted by Crippen LogP contribution is 2.41. The van der Waals surface area contributed by atoms with Gasteiger partial charge >= 0.3 is 19.3 Å². The molecule has 0 aromatic rings. The highest BCUT2D eigenvalue weighted by Gasteiger charge is 2.50. The maximum absolute atomic E-state index is 11.5. The Balaban J connectivity index is 0.000000940. The molecular weight excluding hydrogens is 768 g/mol. The minimum atomic E-state index is -0.817. The Hall–Kier alpha value is -2.24. The van der Waals surface area contributed by atoms with Crippen molar-refractivity contribution in [1.29, 1.82) is 0 Å². The van der Waals surface area contributed by atoms with E-state index in [-0.39, 0.29) is 62.6 Å². The zero-order valence-electron chi connectivity index (χ0n) is 38.7. The Kier molecular flexibility index (Phi) is 23.2. The molecule has 0 aromatic heterocycles. The lowest BCUT2D eigenvalue weighted by atomic mass is 9.88. The Morgan fingerprint density at radius 1 is 0.475 bits per heavy atom. The van der Waals surface area contributed by atoms with Gasteiger partial charge in [0.2, 0.25) is 0 Å². The fourth-order valence-electron chi connectivity index (χ4n) is 6.76. The van der Waals surface area contributed by atoms with Gasteiger partial charge < -0.3 is 56.9 Å². The number of rotatable bonds is 16. The quantitative estimate of drug-likeness (QED) is 0.111. The van der Waals surface area contributed by atoms with E-state index in [4.69, 9.17) is 47.4 Å². The van der Waals surface area contributed by atoms with E-state index >= 15 is 0 Å². The average molecular weight is 850 g/mol. The highest BCUT2D eigenvalue weighted by molar-refractivity contribution is 5.80. The SMILES string of the molecule is C.CC(C)CC1(C)OCC2(CO1)COC(C)(CC(C)C)OC2.CCOC(=O)CCC(C)=O.CCOC(=O)CCC1(C)OCC2(CO1)COC(C)(CCC(=O)OCC)OC2.[H+]. The number of carbonyl (C=O) groups is 4. The van der Waals surface area contributed by atoms with Gasteiger partial charge in [-0.3, -0.25) is 14.4 Å². The predicted molar refractivity (Wildman–Crippen MR) is 221 cm³/mol. The molecule has 0 amide bonds. The first-order valence-electron chi connectivity index (χ1n) is 21.1. The first-order valence-corrected chi connectivity index (χ1v) is 21.1. The largest absolute Gasteiger partial charge is 1.00 e. The molecular formula is C44H81O15+. The summed E-state index contributed by atoms with van der Waals surface area (Å²) >= 11 is 0. The van der Waals surface area contributed by atoms with E-state index in [1.54, 1.807) is 20.8 Å². The van der Waals surface area contributed by atoms with Crippen LogP contribution in [-0.4, -0.2) is 120 Å². The van der Waals surface area contributed by atoms with Crippen molar-refractivity contribution < 1.29 is 72.7 Å². The molecule has 4 heterocycles. The third kappa shape index (κ3) is 20.0. The molecule has 0 radical (unpaired) electrons. The van der Waals surface area contributed by atoms with Gasteiger partial charge in [0.05, 0.1) is 103 Å². The number of carbonyl (C=O) groups excluding carboxylic acids is 4. The molecule has 15 nitrogen and oxygen atoms in total. The number of hydrogen-bond donors (Lipinski definition) is 0. The second-order valence-electron chi connectivity index (χ2n) is 17.7. The van der Waals surface area contributed by atoms with Gasteiger partial charge in [-0.25, -0.2) is 0 Å².